The Balaban J connectivity index is 2.30. The van der Waals surface area contributed by atoms with Crippen molar-refractivity contribution in [3.05, 3.63) is 12.2 Å². The average molecular weight is 128 g/mol. The highest BCUT2D eigenvalue weighted by Crippen LogP contribution is 2.00. The van der Waals surface area contributed by atoms with E-state index in [9.17, 15) is 0 Å². The molecule has 52 valence electrons. The van der Waals surface area contributed by atoms with Crippen molar-refractivity contribution in [2.45, 2.75) is 18.9 Å². The first-order valence-electron chi connectivity index (χ1n) is 3.32. The Morgan fingerprint density at radius 1 is 1.44 bits per heavy atom. The molecule has 0 spiro atoms. The van der Waals surface area contributed by atoms with Gasteiger partial charge in [0.2, 0.25) is 0 Å². The summed E-state index contributed by atoms with van der Waals surface area (Å²) in [5.41, 5.74) is 0. The van der Waals surface area contributed by atoms with Gasteiger partial charge in [-0.05, 0) is 6.42 Å². The van der Waals surface area contributed by atoms with Crippen LogP contribution in [0, 0.1) is 0 Å². The summed E-state index contributed by atoms with van der Waals surface area (Å²) in [4.78, 5) is 0. The van der Waals surface area contributed by atoms with Gasteiger partial charge < -0.3 is 9.84 Å². The summed E-state index contributed by atoms with van der Waals surface area (Å²) in [6.45, 7) is 1.48. The molecule has 1 heterocycles. The van der Waals surface area contributed by atoms with Gasteiger partial charge in [0.15, 0.2) is 0 Å². The lowest BCUT2D eigenvalue weighted by Crippen LogP contribution is -2.10. The van der Waals surface area contributed by atoms with Crippen LogP contribution in [0.1, 0.15) is 12.8 Å². The molecule has 0 saturated carbocycles. The smallest absolute Gasteiger partial charge is 0.0742 e. The maximum atomic E-state index is 9.05. The molecule has 0 fully saturated rings. The van der Waals surface area contributed by atoms with Crippen LogP contribution in [0.4, 0.5) is 0 Å². The van der Waals surface area contributed by atoms with Gasteiger partial charge in [-0.25, -0.2) is 0 Å². The van der Waals surface area contributed by atoms with E-state index in [0.717, 1.165) is 19.4 Å². The normalized spacial score (nSPS) is 32.8. The lowest BCUT2D eigenvalue weighted by atomic mass is 10.2. The van der Waals surface area contributed by atoms with Crippen molar-refractivity contribution in [3.63, 3.8) is 0 Å². The lowest BCUT2D eigenvalue weighted by Gasteiger charge is -2.08. The number of hydrogen-bond acceptors (Lipinski definition) is 2. The molecule has 0 unspecified atom stereocenters. The Kier molecular flexibility index (Phi) is 2.74. The number of ether oxygens (including phenoxy) is 1. The van der Waals surface area contributed by atoms with Crippen molar-refractivity contribution in [2.24, 2.45) is 0 Å². The minimum Gasteiger partial charge on any atom is -0.389 e. The molecule has 0 aromatic rings. The van der Waals surface area contributed by atoms with Crippen LogP contribution < -0.4 is 0 Å². The average Bonchev–Trinajstić information content (AvgIpc) is 1.79. The summed E-state index contributed by atoms with van der Waals surface area (Å²) in [6, 6.07) is 0. The van der Waals surface area contributed by atoms with E-state index in [1.807, 2.05) is 12.2 Å². The maximum Gasteiger partial charge on any atom is 0.0742 e. The van der Waals surface area contributed by atoms with Crippen LogP contribution in [0.5, 0.6) is 0 Å². The zero-order valence-electron chi connectivity index (χ0n) is 5.42. The van der Waals surface area contributed by atoms with Gasteiger partial charge in [-0.1, -0.05) is 12.2 Å². The Morgan fingerprint density at radius 2 is 2.33 bits per heavy atom. The number of rotatable bonds is 0. The van der Waals surface area contributed by atoms with Crippen LogP contribution in [0.25, 0.3) is 0 Å². The highest BCUT2D eigenvalue weighted by atomic mass is 16.5. The van der Waals surface area contributed by atoms with Crippen LogP contribution >= 0.6 is 0 Å². The molecule has 2 heteroatoms. The van der Waals surface area contributed by atoms with Gasteiger partial charge in [-0.2, -0.15) is 0 Å². The Morgan fingerprint density at radius 3 is 3.22 bits per heavy atom. The van der Waals surface area contributed by atoms with Crippen LogP contribution in [0.15, 0.2) is 12.2 Å². The van der Waals surface area contributed by atoms with Crippen molar-refractivity contribution in [2.75, 3.05) is 13.2 Å². The summed E-state index contributed by atoms with van der Waals surface area (Å²) in [5, 5.41) is 9.05. The topological polar surface area (TPSA) is 29.5 Å². The van der Waals surface area contributed by atoms with E-state index in [-0.39, 0.29) is 6.10 Å². The van der Waals surface area contributed by atoms with E-state index >= 15 is 0 Å². The third kappa shape index (κ3) is 2.63. The van der Waals surface area contributed by atoms with Gasteiger partial charge in [0.05, 0.1) is 12.7 Å². The molecule has 1 N–H and O–H groups in total. The SMILES string of the molecule is O[C@@H]1/C=C/CCOCC1. The van der Waals surface area contributed by atoms with Gasteiger partial charge in [0.25, 0.3) is 0 Å². The third-order valence-corrected chi connectivity index (χ3v) is 1.35. The van der Waals surface area contributed by atoms with Crippen molar-refractivity contribution in [3.8, 4) is 0 Å². The summed E-state index contributed by atoms with van der Waals surface area (Å²) < 4.78 is 5.13. The predicted molar refractivity (Wildman–Crippen MR) is 35.2 cm³/mol. The quantitative estimate of drug-likeness (QED) is 0.487. The maximum absolute atomic E-state index is 9.05. The van der Waals surface area contributed by atoms with Crippen LogP contribution in [-0.4, -0.2) is 24.4 Å². The molecular formula is C7H12O2. The fourth-order valence-corrected chi connectivity index (χ4v) is 0.807. The van der Waals surface area contributed by atoms with Crippen molar-refractivity contribution >= 4 is 0 Å². The minimum atomic E-state index is -0.287. The fraction of sp³-hybridized carbons (Fsp3) is 0.714. The highest BCUT2D eigenvalue weighted by molar-refractivity contribution is 4.89. The van der Waals surface area contributed by atoms with E-state index < -0.39 is 0 Å². The minimum absolute atomic E-state index is 0.287. The molecule has 1 aliphatic heterocycles. The lowest BCUT2D eigenvalue weighted by molar-refractivity contribution is 0.0962. The molecule has 0 amide bonds. The first kappa shape index (κ1) is 6.78. The van der Waals surface area contributed by atoms with Crippen LogP contribution in [-0.2, 0) is 4.74 Å². The van der Waals surface area contributed by atoms with E-state index in [0.29, 0.717) is 6.61 Å². The molecule has 0 saturated heterocycles. The van der Waals surface area contributed by atoms with E-state index in [4.69, 9.17) is 9.84 Å². The van der Waals surface area contributed by atoms with Gasteiger partial charge in [-0.3, -0.25) is 0 Å². The molecule has 9 heavy (non-hydrogen) atoms. The third-order valence-electron chi connectivity index (χ3n) is 1.35. The van der Waals surface area contributed by atoms with Crippen molar-refractivity contribution in [1.82, 2.24) is 0 Å². The second-order valence-electron chi connectivity index (χ2n) is 2.19. The van der Waals surface area contributed by atoms with Crippen molar-refractivity contribution in [1.29, 1.82) is 0 Å². The van der Waals surface area contributed by atoms with Crippen LogP contribution in [0.2, 0.25) is 0 Å². The molecule has 1 atom stereocenters. The van der Waals surface area contributed by atoms with Crippen molar-refractivity contribution < 1.29 is 9.84 Å². The number of aliphatic hydroxyl groups is 1. The largest absolute Gasteiger partial charge is 0.389 e. The molecule has 0 bridgehead atoms. The highest BCUT2D eigenvalue weighted by Gasteiger charge is 2.00. The van der Waals surface area contributed by atoms with Gasteiger partial charge >= 0.3 is 0 Å². The molecule has 0 aromatic carbocycles. The molecule has 0 aliphatic carbocycles. The number of hydrogen-bond donors (Lipinski definition) is 1. The first-order valence-corrected chi connectivity index (χ1v) is 3.32. The standard InChI is InChI=1S/C7H12O2/c8-7-3-1-2-5-9-6-4-7/h1,3,7-8H,2,4-6H2/b3-1+/t7-/m1/s1. The van der Waals surface area contributed by atoms with E-state index in [1.165, 1.54) is 0 Å². The van der Waals surface area contributed by atoms with E-state index in [1.54, 1.807) is 0 Å². The molecule has 1 rings (SSSR count). The summed E-state index contributed by atoms with van der Waals surface area (Å²) in [7, 11) is 0. The molecule has 0 aromatic heterocycles. The molecular weight excluding hydrogens is 116 g/mol. The second-order valence-corrected chi connectivity index (χ2v) is 2.19. The fourth-order valence-electron chi connectivity index (χ4n) is 0.807. The first-order chi connectivity index (χ1) is 4.39. The predicted octanol–water partition coefficient (Wildman–Crippen LogP) is 0.714. The van der Waals surface area contributed by atoms with Gasteiger partial charge in [-0.15, -0.1) is 0 Å². The number of aliphatic hydroxyl groups excluding tert-OH is 1. The Hall–Kier alpha value is -0.340. The summed E-state index contributed by atoms with van der Waals surface area (Å²) >= 11 is 0. The Bertz CT molecular complexity index is 99.1. The Labute approximate surface area is 55.1 Å². The second kappa shape index (κ2) is 3.64. The molecule has 0 radical (unpaired) electrons. The zero-order chi connectivity index (χ0) is 6.53. The summed E-state index contributed by atoms with van der Waals surface area (Å²) in [6.07, 6.45) is 5.17. The van der Waals surface area contributed by atoms with Gasteiger partial charge in [0.1, 0.15) is 0 Å². The zero-order valence-corrected chi connectivity index (χ0v) is 5.42. The summed E-state index contributed by atoms with van der Waals surface area (Å²) in [5.74, 6) is 0. The molecule has 1 aliphatic rings. The molecule has 2 nitrogen and oxygen atoms in total. The van der Waals surface area contributed by atoms with Crippen LogP contribution in [0.3, 0.4) is 0 Å². The van der Waals surface area contributed by atoms with E-state index in [2.05, 4.69) is 0 Å². The van der Waals surface area contributed by atoms with Gasteiger partial charge in [0, 0.05) is 13.0 Å². The monoisotopic (exact) mass is 128 g/mol.